The topological polar surface area (TPSA) is 160 Å². The molecule has 0 unspecified atom stereocenters. The summed E-state index contributed by atoms with van der Waals surface area (Å²) in [6.07, 6.45) is 0. The van der Waals surface area contributed by atoms with E-state index in [9.17, 15) is 0 Å². The zero-order chi connectivity index (χ0) is 14.0. The van der Waals surface area contributed by atoms with Gasteiger partial charge in [0.1, 0.15) is 6.79 Å². The summed E-state index contributed by atoms with van der Waals surface area (Å²) in [6.45, 7) is 2.00. The van der Waals surface area contributed by atoms with Gasteiger partial charge in [0.25, 0.3) is 0 Å². The Morgan fingerprint density at radius 3 is 1.28 bits per heavy atom. The lowest BCUT2D eigenvalue weighted by Gasteiger charge is -1.93. The van der Waals surface area contributed by atoms with Crippen LogP contribution in [0.15, 0.2) is 30.3 Å². The molecule has 0 saturated heterocycles. The molecule has 0 aliphatic heterocycles. The Balaban J connectivity index is 0.000000289. The zero-order valence-electron chi connectivity index (χ0n) is 9.65. The fourth-order valence-electron chi connectivity index (χ4n) is 0.880. The molecule has 18 heavy (non-hydrogen) atoms. The predicted molar refractivity (Wildman–Crippen MR) is 71.0 cm³/mol. The Bertz CT molecular complexity index is 413. The molecule has 0 atom stereocenters. The zero-order valence-corrected chi connectivity index (χ0v) is 9.65. The van der Waals surface area contributed by atoms with E-state index < -0.39 is 0 Å². The number of rotatable bonds is 0. The second-order valence-corrected chi connectivity index (χ2v) is 2.82. The van der Waals surface area contributed by atoms with Gasteiger partial charge in [0, 0.05) is 5.69 Å². The minimum Gasteiger partial charge on any atom is -0.399 e. The molecule has 8 heteroatoms. The van der Waals surface area contributed by atoms with Crippen LogP contribution >= 0.6 is 0 Å². The summed E-state index contributed by atoms with van der Waals surface area (Å²) in [5.41, 5.74) is 21.6. The highest BCUT2D eigenvalue weighted by Gasteiger charge is 1.93. The quantitative estimate of drug-likeness (QED) is 0.463. The number of carbonyl (C=O) groups is 1. The van der Waals surface area contributed by atoms with E-state index in [-0.39, 0.29) is 17.8 Å². The molecule has 0 amide bonds. The second kappa shape index (κ2) is 8.28. The molecule has 96 valence electrons. The molecule has 2 rings (SSSR count). The summed E-state index contributed by atoms with van der Waals surface area (Å²) < 4.78 is 0. The summed E-state index contributed by atoms with van der Waals surface area (Å²) in [7, 11) is 0. The van der Waals surface area contributed by atoms with Crippen molar-refractivity contribution >= 4 is 30.3 Å². The van der Waals surface area contributed by atoms with Crippen molar-refractivity contribution in [2.45, 2.75) is 0 Å². The number of nitrogen functional groups attached to an aromatic ring is 4. The predicted octanol–water partition coefficient (Wildman–Crippen LogP) is -0.298. The van der Waals surface area contributed by atoms with Crippen molar-refractivity contribution in [1.29, 1.82) is 0 Å². The van der Waals surface area contributed by atoms with Crippen LogP contribution < -0.4 is 22.9 Å². The molecule has 8 nitrogen and oxygen atoms in total. The number of carbonyl (C=O) groups excluding carboxylic acids is 1. The van der Waals surface area contributed by atoms with Gasteiger partial charge in [0.05, 0.1) is 0 Å². The summed E-state index contributed by atoms with van der Waals surface area (Å²) >= 11 is 0. The van der Waals surface area contributed by atoms with E-state index in [1.165, 1.54) is 0 Å². The van der Waals surface area contributed by atoms with Gasteiger partial charge < -0.3 is 27.7 Å². The minimum absolute atomic E-state index is 0.0417. The van der Waals surface area contributed by atoms with Crippen LogP contribution in [0.4, 0.5) is 23.5 Å². The first-order chi connectivity index (χ1) is 8.58. The van der Waals surface area contributed by atoms with Crippen LogP contribution in [0.1, 0.15) is 0 Å². The first-order valence-corrected chi connectivity index (χ1v) is 4.70. The average Bonchev–Trinajstić information content (AvgIpc) is 2.31. The maximum atomic E-state index is 8.00. The fraction of sp³-hybridized carbons (Fsp3) is 0. The normalized spacial score (nSPS) is 8.22. The van der Waals surface area contributed by atoms with Gasteiger partial charge in [-0.3, -0.25) is 0 Å². The summed E-state index contributed by atoms with van der Waals surface area (Å²) in [5, 5.41) is 0. The molecule has 0 saturated carbocycles. The Hall–Kier alpha value is -2.90. The molecule has 1 heterocycles. The molecule has 8 N–H and O–H groups in total. The SMILES string of the molecule is C=O.Nc1ccccc1.Nc1nc(N)nc(N)n1. The van der Waals surface area contributed by atoms with Crippen molar-refractivity contribution in [2.75, 3.05) is 22.9 Å². The average molecular weight is 249 g/mol. The Morgan fingerprint density at radius 1 is 0.722 bits per heavy atom. The van der Waals surface area contributed by atoms with E-state index >= 15 is 0 Å². The minimum atomic E-state index is 0.0417. The highest BCUT2D eigenvalue weighted by Crippen LogP contribution is 1.97. The maximum absolute atomic E-state index is 8.00. The van der Waals surface area contributed by atoms with Gasteiger partial charge >= 0.3 is 0 Å². The number of nitrogens with two attached hydrogens (primary N) is 4. The highest BCUT2D eigenvalue weighted by atomic mass is 16.1. The van der Waals surface area contributed by atoms with Gasteiger partial charge in [-0.1, -0.05) is 18.2 Å². The summed E-state index contributed by atoms with van der Waals surface area (Å²) in [4.78, 5) is 18.5. The van der Waals surface area contributed by atoms with Crippen LogP contribution in [0, 0.1) is 0 Å². The molecule has 0 spiro atoms. The molecule has 2 aromatic rings. The number of para-hydroxylation sites is 1. The van der Waals surface area contributed by atoms with Crippen LogP contribution in [0.3, 0.4) is 0 Å². The maximum Gasteiger partial charge on any atom is 0.226 e. The van der Waals surface area contributed by atoms with Gasteiger partial charge in [-0.2, -0.15) is 15.0 Å². The third-order valence-corrected chi connectivity index (χ3v) is 1.49. The molecule has 0 bridgehead atoms. The summed E-state index contributed by atoms with van der Waals surface area (Å²) in [6, 6.07) is 9.49. The van der Waals surface area contributed by atoms with E-state index in [4.69, 9.17) is 27.7 Å². The summed E-state index contributed by atoms with van der Waals surface area (Å²) in [5.74, 6) is 0.125. The lowest BCUT2D eigenvalue weighted by Crippen LogP contribution is -2.05. The molecule has 0 aliphatic rings. The highest BCUT2D eigenvalue weighted by molar-refractivity contribution is 5.36. The largest absolute Gasteiger partial charge is 0.399 e. The third-order valence-electron chi connectivity index (χ3n) is 1.49. The van der Waals surface area contributed by atoms with Crippen LogP contribution in [-0.4, -0.2) is 21.7 Å². The van der Waals surface area contributed by atoms with E-state index in [0.717, 1.165) is 5.69 Å². The monoisotopic (exact) mass is 249 g/mol. The first-order valence-electron chi connectivity index (χ1n) is 4.70. The molecule has 0 fully saturated rings. The van der Waals surface area contributed by atoms with Gasteiger partial charge in [-0.15, -0.1) is 0 Å². The molecular formula is C10H15N7O. The second-order valence-electron chi connectivity index (χ2n) is 2.82. The van der Waals surface area contributed by atoms with Crippen molar-refractivity contribution in [3.05, 3.63) is 30.3 Å². The number of anilines is 4. The Morgan fingerprint density at radius 2 is 1.06 bits per heavy atom. The van der Waals surface area contributed by atoms with Gasteiger partial charge in [-0.25, -0.2) is 0 Å². The molecular weight excluding hydrogens is 234 g/mol. The van der Waals surface area contributed by atoms with Gasteiger partial charge in [0.2, 0.25) is 17.8 Å². The van der Waals surface area contributed by atoms with Gasteiger partial charge in [0.15, 0.2) is 0 Å². The van der Waals surface area contributed by atoms with Crippen LogP contribution in [0.5, 0.6) is 0 Å². The van der Waals surface area contributed by atoms with Crippen molar-refractivity contribution in [3.63, 3.8) is 0 Å². The fourth-order valence-corrected chi connectivity index (χ4v) is 0.880. The van der Waals surface area contributed by atoms with E-state index in [0.29, 0.717) is 0 Å². The third kappa shape index (κ3) is 6.56. The smallest absolute Gasteiger partial charge is 0.226 e. The van der Waals surface area contributed by atoms with E-state index in [1.807, 2.05) is 37.1 Å². The Kier molecular flexibility index (Phi) is 6.94. The van der Waals surface area contributed by atoms with Crippen molar-refractivity contribution in [1.82, 2.24) is 15.0 Å². The molecule has 1 aromatic carbocycles. The molecule has 0 aliphatic carbocycles. The first kappa shape index (κ1) is 15.1. The number of hydrogen-bond acceptors (Lipinski definition) is 8. The number of hydrogen-bond donors (Lipinski definition) is 4. The van der Waals surface area contributed by atoms with Crippen LogP contribution in [0.25, 0.3) is 0 Å². The standard InChI is InChI=1S/C6H7N.C3H6N6.CH2O/c7-6-4-2-1-3-5-6;4-1-7-2(5)9-3(6)8-1;1-2/h1-5H,7H2;(H6,4,5,6,7,8,9);1H2. The van der Waals surface area contributed by atoms with Crippen molar-refractivity contribution < 1.29 is 4.79 Å². The number of nitrogens with zero attached hydrogens (tertiary/aromatic N) is 3. The van der Waals surface area contributed by atoms with E-state index in [1.54, 1.807) is 0 Å². The van der Waals surface area contributed by atoms with E-state index in [2.05, 4.69) is 15.0 Å². The van der Waals surface area contributed by atoms with Gasteiger partial charge in [-0.05, 0) is 12.1 Å². The molecule has 0 radical (unpaired) electrons. The number of benzene rings is 1. The van der Waals surface area contributed by atoms with Crippen molar-refractivity contribution in [2.24, 2.45) is 0 Å². The Labute approximate surface area is 104 Å². The van der Waals surface area contributed by atoms with Crippen LogP contribution in [-0.2, 0) is 4.79 Å². The molecule has 1 aromatic heterocycles. The lowest BCUT2D eigenvalue weighted by atomic mass is 10.3. The lowest BCUT2D eigenvalue weighted by molar-refractivity contribution is -0.0979. The number of aromatic nitrogens is 3. The van der Waals surface area contributed by atoms with Crippen molar-refractivity contribution in [3.8, 4) is 0 Å². The van der Waals surface area contributed by atoms with Crippen LogP contribution in [0.2, 0.25) is 0 Å².